The largest absolute Gasteiger partial charge is 0.297 e. The molecule has 0 aliphatic rings. The van der Waals surface area contributed by atoms with Crippen LogP contribution in [0.5, 0.6) is 0 Å². The number of allylic oxidation sites excluding steroid dienone is 2. The second-order valence-electron chi connectivity index (χ2n) is 0.932. The van der Waals surface area contributed by atoms with Crippen LogP contribution in [0.15, 0.2) is 8.96 Å². The van der Waals surface area contributed by atoms with Gasteiger partial charge in [-0.05, 0) is 31.9 Å². The molecule has 0 aliphatic carbocycles. The number of hydrogen-bond donors (Lipinski definition) is 0. The van der Waals surface area contributed by atoms with Crippen molar-refractivity contribution in [2.45, 2.75) is 0 Å². The first-order chi connectivity index (χ1) is 3.72. The summed E-state index contributed by atoms with van der Waals surface area (Å²) in [5.41, 5.74) is 0. The lowest BCUT2D eigenvalue weighted by Gasteiger charge is -1.81. The van der Waals surface area contributed by atoms with Gasteiger partial charge in [0, 0.05) is 0 Å². The quantitative estimate of drug-likeness (QED) is 0.541. The first-order valence-corrected chi connectivity index (χ1v) is 3.26. The summed E-state index contributed by atoms with van der Waals surface area (Å²) in [6.45, 7) is 0. The van der Waals surface area contributed by atoms with Crippen molar-refractivity contribution >= 4 is 44.4 Å². The van der Waals surface area contributed by atoms with Crippen molar-refractivity contribution in [3.63, 3.8) is 0 Å². The van der Waals surface area contributed by atoms with Crippen molar-refractivity contribution in [3.05, 3.63) is 8.96 Å². The van der Waals surface area contributed by atoms with E-state index in [2.05, 4.69) is 31.9 Å². The van der Waals surface area contributed by atoms with E-state index < -0.39 is 0 Å². The third-order valence-corrected chi connectivity index (χ3v) is 2.20. The van der Waals surface area contributed by atoms with Crippen LogP contribution in [0.2, 0.25) is 0 Å². The van der Waals surface area contributed by atoms with E-state index in [4.69, 9.17) is 0 Å². The van der Waals surface area contributed by atoms with E-state index >= 15 is 0 Å². The Balaban J connectivity index is 4.25. The van der Waals surface area contributed by atoms with Crippen molar-refractivity contribution in [1.29, 1.82) is 0 Å². The molecule has 0 saturated carbocycles. The Kier molecular flexibility index (Phi) is 3.99. The van der Waals surface area contributed by atoms with Crippen molar-refractivity contribution < 1.29 is 9.59 Å². The summed E-state index contributed by atoms with van der Waals surface area (Å²) in [6, 6.07) is 0. The lowest BCUT2D eigenvalue weighted by Crippen LogP contribution is -1.77. The molecule has 0 aromatic heterocycles. The van der Waals surface area contributed by atoms with Crippen molar-refractivity contribution in [3.8, 4) is 0 Å². The van der Waals surface area contributed by atoms with Crippen LogP contribution in [0, 0.1) is 0 Å². The number of carbonyl (C=O) groups excluding carboxylic acids is 2. The number of aldehydes is 2. The topological polar surface area (TPSA) is 34.1 Å². The van der Waals surface area contributed by atoms with Crippen LogP contribution in [-0.2, 0) is 9.59 Å². The van der Waals surface area contributed by atoms with E-state index in [1.165, 1.54) is 0 Å². The minimum absolute atomic E-state index is 0.229. The molecule has 0 rings (SSSR count). The van der Waals surface area contributed by atoms with Gasteiger partial charge in [0.1, 0.15) is 0 Å². The van der Waals surface area contributed by atoms with E-state index in [0.29, 0.717) is 12.6 Å². The molecule has 44 valence electrons. The molecule has 0 aliphatic heterocycles. The van der Waals surface area contributed by atoms with Gasteiger partial charge in [0.25, 0.3) is 0 Å². The molecule has 0 aromatic carbocycles. The molecular formula is C4H2Br2O2. The monoisotopic (exact) mass is 240 g/mol. The SMILES string of the molecule is O=C/C(Br)=C(\Br)C=O. The third kappa shape index (κ3) is 2.37. The van der Waals surface area contributed by atoms with Gasteiger partial charge in [-0.3, -0.25) is 9.59 Å². The zero-order valence-corrected chi connectivity index (χ0v) is 6.90. The highest BCUT2D eigenvalue weighted by Gasteiger charge is 1.94. The summed E-state index contributed by atoms with van der Waals surface area (Å²) in [4.78, 5) is 19.6. The predicted molar refractivity (Wildman–Crippen MR) is 37.0 cm³/mol. The normalized spacial score (nSPS) is 12.2. The Hall–Kier alpha value is 0.0400. The Morgan fingerprint density at radius 1 is 1.00 bits per heavy atom. The van der Waals surface area contributed by atoms with Gasteiger partial charge < -0.3 is 0 Å². The number of carbonyl (C=O) groups is 2. The maximum atomic E-state index is 9.81. The van der Waals surface area contributed by atoms with Gasteiger partial charge in [-0.25, -0.2) is 0 Å². The smallest absolute Gasteiger partial charge is 0.158 e. The zero-order valence-electron chi connectivity index (χ0n) is 3.73. The van der Waals surface area contributed by atoms with Gasteiger partial charge in [0.15, 0.2) is 12.6 Å². The Morgan fingerprint density at radius 2 is 1.25 bits per heavy atom. The minimum Gasteiger partial charge on any atom is -0.297 e. The molecule has 0 saturated heterocycles. The van der Waals surface area contributed by atoms with Gasteiger partial charge in [0.2, 0.25) is 0 Å². The summed E-state index contributed by atoms with van der Waals surface area (Å²) in [6.07, 6.45) is 1.08. The predicted octanol–water partition coefficient (Wildman–Crippen LogP) is 1.39. The van der Waals surface area contributed by atoms with E-state index in [9.17, 15) is 9.59 Å². The van der Waals surface area contributed by atoms with Crippen LogP contribution in [0.1, 0.15) is 0 Å². The average molecular weight is 242 g/mol. The molecule has 0 radical (unpaired) electrons. The summed E-state index contributed by atoms with van der Waals surface area (Å²) >= 11 is 5.67. The lowest BCUT2D eigenvalue weighted by atomic mass is 10.6. The van der Waals surface area contributed by atoms with Crippen LogP contribution in [0.4, 0.5) is 0 Å². The molecule has 0 bridgehead atoms. The van der Waals surface area contributed by atoms with Crippen LogP contribution in [0.3, 0.4) is 0 Å². The van der Waals surface area contributed by atoms with Crippen molar-refractivity contribution in [2.24, 2.45) is 0 Å². The van der Waals surface area contributed by atoms with Crippen molar-refractivity contribution in [2.75, 3.05) is 0 Å². The van der Waals surface area contributed by atoms with Crippen LogP contribution >= 0.6 is 31.9 Å². The number of halogens is 2. The first-order valence-electron chi connectivity index (χ1n) is 1.68. The van der Waals surface area contributed by atoms with E-state index in [-0.39, 0.29) is 8.96 Å². The molecule has 0 amide bonds. The Labute approximate surface area is 63.2 Å². The molecule has 0 N–H and O–H groups in total. The fourth-order valence-corrected chi connectivity index (χ4v) is 0.299. The second-order valence-corrected chi connectivity index (χ2v) is 2.64. The van der Waals surface area contributed by atoms with E-state index in [1.807, 2.05) is 0 Å². The van der Waals surface area contributed by atoms with E-state index in [1.54, 1.807) is 0 Å². The standard InChI is InChI=1S/C4H2Br2O2/c5-3(1-7)4(6)2-8/h1-2H/b4-3+. The zero-order chi connectivity index (χ0) is 6.57. The number of rotatable bonds is 2. The van der Waals surface area contributed by atoms with Crippen molar-refractivity contribution in [1.82, 2.24) is 0 Å². The maximum absolute atomic E-state index is 9.81. The molecule has 0 fully saturated rings. The summed E-state index contributed by atoms with van der Waals surface area (Å²) in [7, 11) is 0. The highest BCUT2D eigenvalue weighted by atomic mass is 79.9. The Bertz CT molecular complexity index is 123. The highest BCUT2D eigenvalue weighted by Crippen LogP contribution is 2.12. The molecule has 0 spiro atoms. The lowest BCUT2D eigenvalue weighted by molar-refractivity contribution is -0.106. The molecule has 0 atom stereocenters. The fourth-order valence-electron chi connectivity index (χ4n) is 0.113. The molecule has 0 unspecified atom stereocenters. The molecule has 4 heteroatoms. The molecule has 2 nitrogen and oxygen atoms in total. The van der Waals surface area contributed by atoms with E-state index in [0.717, 1.165) is 0 Å². The third-order valence-electron chi connectivity index (χ3n) is 0.435. The van der Waals surface area contributed by atoms with Gasteiger partial charge in [0.05, 0.1) is 8.96 Å². The van der Waals surface area contributed by atoms with Crippen LogP contribution in [0.25, 0.3) is 0 Å². The second kappa shape index (κ2) is 3.97. The van der Waals surface area contributed by atoms with Crippen LogP contribution < -0.4 is 0 Å². The van der Waals surface area contributed by atoms with Gasteiger partial charge in [-0.15, -0.1) is 0 Å². The molecular weight excluding hydrogens is 240 g/mol. The summed E-state index contributed by atoms with van der Waals surface area (Å²) in [5, 5.41) is 0. The fraction of sp³-hybridized carbons (Fsp3) is 0. The average Bonchev–Trinajstić information content (AvgIpc) is 1.84. The van der Waals surface area contributed by atoms with Crippen LogP contribution in [-0.4, -0.2) is 12.6 Å². The molecule has 8 heavy (non-hydrogen) atoms. The Morgan fingerprint density at radius 3 is 1.38 bits per heavy atom. The molecule has 0 aromatic rings. The first kappa shape index (κ1) is 8.04. The molecule has 0 heterocycles. The van der Waals surface area contributed by atoms with Gasteiger partial charge >= 0.3 is 0 Å². The summed E-state index contributed by atoms with van der Waals surface area (Å²) < 4.78 is 0.458. The highest BCUT2D eigenvalue weighted by molar-refractivity contribution is 9.14. The maximum Gasteiger partial charge on any atom is 0.158 e. The van der Waals surface area contributed by atoms with Gasteiger partial charge in [-0.1, -0.05) is 0 Å². The minimum atomic E-state index is 0.229. The number of hydrogen-bond acceptors (Lipinski definition) is 2. The van der Waals surface area contributed by atoms with Gasteiger partial charge in [-0.2, -0.15) is 0 Å². The summed E-state index contributed by atoms with van der Waals surface area (Å²) in [5.74, 6) is 0.